The van der Waals surface area contributed by atoms with Gasteiger partial charge in [-0.1, -0.05) is 123 Å². The Morgan fingerprint density at radius 3 is 1.17 bits per heavy atom. The number of aryl methyl sites for hydroxylation is 1. The predicted octanol–water partition coefficient (Wildman–Crippen LogP) is 11.4. The molecule has 0 bridgehead atoms. The van der Waals surface area contributed by atoms with Gasteiger partial charge in [0, 0.05) is 39.1 Å². The first-order valence-corrected chi connectivity index (χ1v) is 11.1. The van der Waals surface area contributed by atoms with Gasteiger partial charge in [-0.05, 0) is 31.2 Å². The maximum Gasteiger partial charge on any atom is 0.135 e. The molecule has 0 atom stereocenters. The Labute approximate surface area is 213 Å². The fourth-order valence-electron chi connectivity index (χ4n) is 4.02. The molecular formula is C33H45NO. The van der Waals surface area contributed by atoms with Crippen molar-refractivity contribution in [2.75, 3.05) is 0 Å². The molecule has 4 aromatic carbocycles. The van der Waals surface area contributed by atoms with E-state index in [4.69, 9.17) is 4.42 Å². The monoisotopic (exact) mass is 471 g/mol. The van der Waals surface area contributed by atoms with E-state index in [0.29, 0.717) is 0 Å². The number of furan rings is 1. The van der Waals surface area contributed by atoms with E-state index in [1.807, 2.05) is 36.4 Å². The van der Waals surface area contributed by atoms with Crippen molar-refractivity contribution in [2.24, 2.45) is 0 Å². The summed E-state index contributed by atoms with van der Waals surface area (Å²) in [7, 11) is 0. The van der Waals surface area contributed by atoms with Gasteiger partial charge in [-0.15, -0.1) is 0 Å². The minimum atomic E-state index is 0. The number of aromatic nitrogens is 1. The Balaban J connectivity index is 0.000000542. The molecule has 2 heterocycles. The highest BCUT2D eigenvalue weighted by molar-refractivity contribution is 6.08. The zero-order valence-corrected chi connectivity index (χ0v) is 18.5. The Bertz CT molecular complexity index is 1320. The molecule has 0 unspecified atom stereocenters. The second-order valence-corrected chi connectivity index (χ2v) is 7.58. The van der Waals surface area contributed by atoms with Gasteiger partial charge in [0.05, 0.1) is 0 Å². The largest absolute Gasteiger partial charge is 0.456 e. The van der Waals surface area contributed by atoms with Crippen molar-refractivity contribution < 1.29 is 4.42 Å². The maximum absolute atomic E-state index is 5.65. The molecule has 0 saturated carbocycles. The molecule has 6 aromatic rings. The summed E-state index contributed by atoms with van der Waals surface area (Å²) in [5.41, 5.74) is 4.59. The van der Waals surface area contributed by atoms with Crippen molar-refractivity contribution in [3.8, 4) is 0 Å². The van der Waals surface area contributed by atoms with Gasteiger partial charge < -0.3 is 8.98 Å². The van der Waals surface area contributed by atoms with E-state index < -0.39 is 0 Å². The van der Waals surface area contributed by atoms with E-state index in [2.05, 4.69) is 86.0 Å². The van der Waals surface area contributed by atoms with Crippen LogP contribution in [0.5, 0.6) is 0 Å². The number of nitrogens with zero attached hydrogens (tertiary/aromatic N) is 1. The third-order valence-electron chi connectivity index (χ3n) is 5.28. The van der Waals surface area contributed by atoms with Crippen LogP contribution in [-0.2, 0) is 6.54 Å². The van der Waals surface area contributed by atoms with Gasteiger partial charge in [0.15, 0.2) is 0 Å². The van der Waals surface area contributed by atoms with E-state index >= 15 is 0 Å². The van der Waals surface area contributed by atoms with Crippen molar-refractivity contribution in [2.45, 2.75) is 63.4 Å². The van der Waals surface area contributed by atoms with E-state index in [0.717, 1.165) is 17.7 Å². The van der Waals surface area contributed by atoms with Gasteiger partial charge >= 0.3 is 0 Å². The zero-order valence-electron chi connectivity index (χ0n) is 18.5. The first-order valence-electron chi connectivity index (χ1n) is 11.1. The summed E-state index contributed by atoms with van der Waals surface area (Å²) in [6, 6.07) is 33.4. The Hall–Kier alpha value is -3.52. The number of hydrogen-bond donors (Lipinski definition) is 0. The van der Waals surface area contributed by atoms with Crippen LogP contribution in [0, 0.1) is 0 Å². The first kappa shape index (κ1) is 31.5. The molecule has 0 spiro atoms. The zero-order chi connectivity index (χ0) is 21.6. The van der Waals surface area contributed by atoms with Crippen LogP contribution in [0.3, 0.4) is 0 Å². The first-order chi connectivity index (χ1) is 15.3. The summed E-state index contributed by atoms with van der Waals surface area (Å²) in [6.07, 6.45) is 1.25. The van der Waals surface area contributed by atoms with E-state index in [9.17, 15) is 0 Å². The Morgan fingerprint density at radius 2 is 0.800 bits per heavy atom. The van der Waals surface area contributed by atoms with Crippen LogP contribution >= 0.6 is 0 Å². The molecule has 0 N–H and O–H groups in total. The smallest absolute Gasteiger partial charge is 0.135 e. The summed E-state index contributed by atoms with van der Waals surface area (Å²) in [6.45, 7) is 7.47. The number of para-hydroxylation sites is 4. The van der Waals surface area contributed by atoms with Crippen LogP contribution in [-0.4, -0.2) is 4.57 Å². The maximum atomic E-state index is 5.65. The highest BCUT2D eigenvalue weighted by atomic mass is 16.3. The molecule has 0 radical (unpaired) electrons. The van der Waals surface area contributed by atoms with Crippen LogP contribution in [0.25, 0.3) is 43.7 Å². The number of benzene rings is 4. The third kappa shape index (κ3) is 6.33. The minimum Gasteiger partial charge on any atom is -0.456 e. The summed E-state index contributed by atoms with van der Waals surface area (Å²) < 4.78 is 8.02. The molecule has 0 fully saturated rings. The Kier molecular flexibility index (Phi) is 13.2. The van der Waals surface area contributed by atoms with Gasteiger partial charge in [0.1, 0.15) is 11.2 Å². The highest BCUT2D eigenvalue weighted by Crippen LogP contribution is 2.29. The van der Waals surface area contributed by atoms with E-state index in [-0.39, 0.29) is 29.7 Å². The molecule has 0 aliphatic heterocycles. The fourth-order valence-corrected chi connectivity index (χ4v) is 4.02. The lowest BCUT2D eigenvalue weighted by atomic mass is 10.2. The van der Waals surface area contributed by atoms with Crippen molar-refractivity contribution in [3.05, 3.63) is 97.1 Å². The standard InChI is InChI=1S/C14H13N.C12H8O.C3H8.4CH4/c1-2-15-13-9-5-3-7-11(13)12-8-4-6-10-14(12)15;1-3-7-11-9(5-1)10-6-2-4-8-12(10)13-11;1-3-2;;;;/h3-10H,2H2,1H3;1-8H;3H2,1-2H3;4*1H4. The quantitative estimate of drug-likeness (QED) is 0.233. The molecule has 2 heteroatoms. The van der Waals surface area contributed by atoms with Crippen molar-refractivity contribution in [1.82, 2.24) is 4.57 Å². The molecule has 2 aromatic heterocycles. The van der Waals surface area contributed by atoms with Gasteiger partial charge in [-0.3, -0.25) is 0 Å². The van der Waals surface area contributed by atoms with Crippen LogP contribution in [0.15, 0.2) is 101 Å². The number of hydrogen-bond acceptors (Lipinski definition) is 1. The van der Waals surface area contributed by atoms with Crippen LogP contribution in [0.2, 0.25) is 0 Å². The lowest BCUT2D eigenvalue weighted by Crippen LogP contribution is -1.91. The molecule has 0 amide bonds. The van der Waals surface area contributed by atoms with Crippen LogP contribution in [0.4, 0.5) is 0 Å². The van der Waals surface area contributed by atoms with Crippen molar-refractivity contribution in [3.63, 3.8) is 0 Å². The lowest BCUT2D eigenvalue weighted by molar-refractivity contribution is 0.669. The Morgan fingerprint density at radius 1 is 0.486 bits per heavy atom. The van der Waals surface area contributed by atoms with Crippen molar-refractivity contribution in [1.29, 1.82) is 0 Å². The molecule has 188 valence electrons. The summed E-state index contributed by atoms with van der Waals surface area (Å²) in [5.74, 6) is 0. The summed E-state index contributed by atoms with van der Waals surface area (Å²) in [5, 5.41) is 5.10. The molecule has 35 heavy (non-hydrogen) atoms. The second-order valence-electron chi connectivity index (χ2n) is 7.58. The van der Waals surface area contributed by atoms with Crippen LogP contribution < -0.4 is 0 Å². The normalized spacial score (nSPS) is 9.46. The molecule has 6 rings (SSSR count). The SMILES string of the molecule is C.C.C.C.CCC.CCn1c2ccccc2c2ccccc21.c1ccc2c(c1)oc1ccccc12. The number of fused-ring (bicyclic) bond motifs is 6. The minimum absolute atomic E-state index is 0. The van der Waals surface area contributed by atoms with Gasteiger partial charge in [-0.2, -0.15) is 0 Å². The average Bonchev–Trinajstić information content (AvgIpc) is 3.36. The molecule has 0 aliphatic carbocycles. The van der Waals surface area contributed by atoms with Gasteiger partial charge in [0.25, 0.3) is 0 Å². The predicted molar refractivity (Wildman–Crippen MR) is 162 cm³/mol. The topological polar surface area (TPSA) is 18.1 Å². The number of rotatable bonds is 1. The lowest BCUT2D eigenvalue weighted by Gasteiger charge is -2.01. The molecular weight excluding hydrogens is 426 g/mol. The van der Waals surface area contributed by atoms with E-state index in [1.165, 1.54) is 39.0 Å². The van der Waals surface area contributed by atoms with E-state index in [1.54, 1.807) is 0 Å². The molecule has 2 nitrogen and oxygen atoms in total. The fraction of sp³-hybridized carbons (Fsp3) is 0.273. The summed E-state index contributed by atoms with van der Waals surface area (Å²) >= 11 is 0. The molecule has 0 aliphatic rings. The molecule has 0 saturated heterocycles. The second kappa shape index (κ2) is 14.7. The highest BCUT2D eigenvalue weighted by Gasteiger charge is 2.07. The third-order valence-corrected chi connectivity index (χ3v) is 5.28. The average molecular weight is 472 g/mol. The summed E-state index contributed by atoms with van der Waals surface area (Å²) in [4.78, 5) is 0. The van der Waals surface area contributed by atoms with Gasteiger partial charge in [-0.25, -0.2) is 0 Å². The van der Waals surface area contributed by atoms with Crippen LogP contribution in [0.1, 0.15) is 56.9 Å². The van der Waals surface area contributed by atoms with Gasteiger partial charge in [0.2, 0.25) is 0 Å². The van der Waals surface area contributed by atoms with Crippen molar-refractivity contribution >= 4 is 43.7 Å².